The largest absolute Gasteiger partial charge is 0.438 e. The molecule has 4 heteroatoms. The molecule has 0 unspecified atom stereocenters. The number of para-hydroxylation sites is 2. The molecule has 0 N–H and O–H groups in total. The van der Waals surface area contributed by atoms with Crippen LogP contribution in [0.1, 0.15) is 0 Å². The second kappa shape index (κ2) is 10.7. The molecule has 3 aromatic heterocycles. The predicted octanol–water partition coefficient (Wildman–Crippen LogP) is 11.0. The lowest BCUT2D eigenvalue weighted by molar-refractivity contribution is 0.658. The van der Waals surface area contributed by atoms with Gasteiger partial charge in [0.1, 0.15) is 0 Å². The van der Waals surface area contributed by atoms with E-state index in [0.29, 0.717) is 5.82 Å². The normalized spacial score (nSPS) is 11.5. The lowest BCUT2D eigenvalue weighted by Crippen LogP contribution is -1.95. The summed E-state index contributed by atoms with van der Waals surface area (Å²) in [6.07, 6.45) is 0. The number of aromatic nitrogens is 3. The molecule has 0 spiro atoms. The molecule has 0 bridgehead atoms. The zero-order valence-corrected chi connectivity index (χ0v) is 24.8. The van der Waals surface area contributed by atoms with E-state index in [-0.39, 0.29) is 0 Å². The van der Waals surface area contributed by atoms with Gasteiger partial charge in [0.15, 0.2) is 11.4 Å². The summed E-state index contributed by atoms with van der Waals surface area (Å²) < 4.78 is 8.71. The Kier molecular flexibility index (Phi) is 6.10. The van der Waals surface area contributed by atoms with Crippen molar-refractivity contribution in [3.05, 3.63) is 164 Å². The second-order valence-corrected chi connectivity index (χ2v) is 11.5. The standard InChI is InChI=1S/C42H27N3O/c1-4-12-29(13-5-1)35-27-36(44-41(43-35)32-16-8-3-9-17-32)30-22-20-28(21-23-30)33-24-25-37-34(26-33)40(31-14-6-2-7-15-31)42-45(37)38-18-10-11-19-39(38)46-42/h1-27H. The highest BCUT2D eigenvalue weighted by atomic mass is 16.3. The molecule has 0 amide bonds. The van der Waals surface area contributed by atoms with E-state index in [1.54, 1.807) is 0 Å². The molecule has 0 radical (unpaired) electrons. The number of rotatable bonds is 5. The lowest BCUT2D eigenvalue weighted by Gasteiger charge is -2.10. The third kappa shape index (κ3) is 4.39. The topological polar surface area (TPSA) is 43.3 Å². The Morgan fingerprint density at radius 1 is 0.413 bits per heavy atom. The van der Waals surface area contributed by atoms with Gasteiger partial charge in [0.05, 0.1) is 28.0 Å². The molecule has 0 saturated heterocycles. The van der Waals surface area contributed by atoms with Crippen LogP contribution in [0.15, 0.2) is 168 Å². The number of oxazole rings is 1. The van der Waals surface area contributed by atoms with Crippen LogP contribution in [0.2, 0.25) is 0 Å². The van der Waals surface area contributed by atoms with Crippen LogP contribution in [0.5, 0.6) is 0 Å². The molecule has 4 nitrogen and oxygen atoms in total. The molecule has 0 fully saturated rings. The first-order valence-corrected chi connectivity index (χ1v) is 15.4. The molecule has 9 rings (SSSR count). The lowest BCUT2D eigenvalue weighted by atomic mass is 9.98. The van der Waals surface area contributed by atoms with Crippen molar-refractivity contribution in [3.8, 4) is 56.2 Å². The van der Waals surface area contributed by atoms with Gasteiger partial charge in [-0.05, 0) is 47.0 Å². The summed E-state index contributed by atoms with van der Waals surface area (Å²) in [6, 6.07) is 56.6. The zero-order valence-electron chi connectivity index (χ0n) is 24.8. The molecule has 3 heterocycles. The Balaban J connectivity index is 1.16. The van der Waals surface area contributed by atoms with E-state index in [9.17, 15) is 0 Å². The van der Waals surface area contributed by atoms with Crippen molar-refractivity contribution in [3.63, 3.8) is 0 Å². The van der Waals surface area contributed by atoms with Gasteiger partial charge in [0.25, 0.3) is 0 Å². The molecule has 0 aliphatic rings. The van der Waals surface area contributed by atoms with Gasteiger partial charge in [-0.1, -0.05) is 133 Å². The minimum absolute atomic E-state index is 0.713. The maximum absolute atomic E-state index is 6.47. The third-order valence-electron chi connectivity index (χ3n) is 8.64. The van der Waals surface area contributed by atoms with Crippen molar-refractivity contribution in [1.29, 1.82) is 0 Å². The molecule has 0 aliphatic carbocycles. The van der Waals surface area contributed by atoms with E-state index in [0.717, 1.165) is 78.0 Å². The predicted molar refractivity (Wildman–Crippen MR) is 187 cm³/mol. The SMILES string of the molecule is c1ccc(-c2cc(-c3ccc(-c4ccc5c(c4)c(-c4ccccc4)c4oc6ccccc6n45)cc3)nc(-c3ccccc3)n2)cc1. The number of hydrogen-bond donors (Lipinski definition) is 0. The molecule has 46 heavy (non-hydrogen) atoms. The van der Waals surface area contributed by atoms with E-state index in [1.165, 1.54) is 0 Å². The van der Waals surface area contributed by atoms with E-state index < -0.39 is 0 Å². The van der Waals surface area contributed by atoms with Crippen LogP contribution in [-0.4, -0.2) is 14.4 Å². The monoisotopic (exact) mass is 589 g/mol. The number of hydrogen-bond acceptors (Lipinski definition) is 3. The van der Waals surface area contributed by atoms with Crippen LogP contribution in [0, 0.1) is 0 Å². The van der Waals surface area contributed by atoms with Gasteiger partial charge in [-0.3, -0.25) is 4.40 Å². The van der Waals surface area contributed by atoms with Crippen LogP contribution in [0.3, 0.4) is 0 Å². The van der Waals surface area contributed by atoms with Crippen molar-refractivity contribution in [2.45, 2.75) is 0 Å². The molecule has 216 valence electrons. The Hall–Kier alpha value is -6.26. The third-order valence-corrected chi connectivity index (χ3v) is 8.64. The summed E-state index contributed by atoms with van der Waals surface area (Å²) in [5, 5.41) is 1.16. The summed E-state index contributed by atoms with van der Waals surface area (Å²) in [4.78, 5) is 9.95. The molecular weight excluding hydrogens is 562 g/mol. The van der Waals surface area contributed by atoms with E-state index in [4.69, 9.17) is 14.4 Å². The quantitative estimate of drug-likeness (QED) is 0.201. The number of benzene rings is 6. The summed E-state index contributed by atoms with van der Waals surface area (Å²) in [5.74, 6) is 0.713. The van der Waals surface area contributed by atoms with Gasteiger partial charge < -0.3 is 4.42 Å². The Bertz CT molecular complexity index is 2440. The maximum Gasteiger partial charge on any atom is 0.213 e. The van der Waals surface area contributed by atoms with Crippen LogP contribution < -0.4 is 0 Å². The first-order chi connectivity index (χ1) is 22.8. The van der Waals surface area contributed by atoms with Gasteiger partial charge in [0.2, 0.25) is 5.71 Å². The Morgan fingerprint density at radius 2 is 0.957 bits per heavy atom. The maximum atomic E-state index is 6.47. The Morgan fingerprint density at radius 3 is 1.65 bits per heavy atom. The van der Waals surface area contributed by atoms with Crippen molar-refractivity contribution >= 4 is 27.7 Å². The number of fused-ring (bicyclic) bond motifs is 5. The highest BCUT2D eigenvalue weighted by Gasteiger charge is 2.20. The average Bonchev–Trinajstić information content (AvgIpc) is 3.67. The number of nitrogens with zero attached hydrogens (tertiary/aromatic N) is 3. The molecule has 0 aliphatic heterocycles. The second-order valence-electron chi connectivity index (χ2n) is 11.5. The van der Waals surface area contributed by atoms with Crippen molar-refractivity contribution in [1.82, 2.24) is 14.4 Å². The Labute approximate surface area is 265 Å². The van der Waals surface area contributed by atoms with Gasteiger partial charge in [0, 0.05) is 22.1 Å². The molecule has 0 atom stereocenters. The minimum Gasteiger partial charge on any atom is -0.438 e. The van der Waals surface area contributed by atoms with Gasteiger partial charge in [-0.25, -0.2) is 9.97 Å². The van der Waals surface area contributed by atoms with Crippen molar-refractivity contribution in [2.75, 3.05) is 0 Å². The summed E-state index contributed by atoms with van der Waals surface area (Å²) in [7, 11) is 0. The van der Waals surface area contributed by atoms with Gasteiger partial charge >= 0.3 is 0 Å². The molecule has 6 aromatic carbocycles. The first kappa shape index (κ1) is 26.2. The highest BCUT2D eigenvalue weighted by Crippen LogP contribution is 2.41. The molecule has 9 aromatic rings. The van der Waals surface area contributed by atoms with Crippen LogP contribution in [0.4, 0.5) is 0 Å². The van der Waals surface area contributed by atoms with Gasteiger partial charge in [-0.15, -0.1) is 0 Å². The van der Waals surface area contributed by atoms with Gasteiger partial charge in [-0.2, -0.15) is 0 Å². The summed E-state index contributed by atoms with van der Waals surface area (Å²) in [5.41, 5.74) is 13.3. The fourth-order valence-corrected chi connectivity index (χ4v) is 6.40. The van der Waals surface area contributed by atoms with Crippen molar-refractivity contribution < 1.29 is 4.42 Å². The molecular formula is C42H27N3O. The van der Waals surface area contributed by atoms with E-state index in [2.05, 4.69) is 114 Å². The average molecular weight is 590 g/mol. The van der Waals surface area contributed by atoms with Crippen LogP contribution in [0.25, 0.3) is 83.9 Å². The zero-order chi connectivity index (χ0) is 30.5. The van der Waals surface area contributed by atoms with Crippen molar-refractivity contribution in [2.24, 2.45) is 0 Å². The summed E-state index contributed by atoms with van der Waals surface area (Å²) in [6.45, 7) is 0. The highest BCUT2D eigenvalue weighted by molar-refractivity contribution is 6.08. The first-order valence-electron chi connectivity index (χ1n) is 15.4. The van der Waals surface area contributed by atoms with E-state index >= 15 is 0 Å². The minimum atomic E-state index is 0.713. The summed E-state index contributed by atoms with van der Waals surface area (Å²) >= 11 is 0. The fraction of sp³-hybridized carbons (Fsp3) is 0. The molecule has 0 saturated carbocycles. The smallest absolute Gasteiger partial charge is 0.213 e. The van der Waals surface area contributed by atoms with Crippen LogP contribution in [-0.2, 0) is 0 Å². The van der Waals surface area contributed by atoms with Crippen LogP contribution >= 0.6 is 0 Å². The van der Waals surface area contributed by atoms with E-state index in [1.807, 2.05) is 54.6 Å². The fourth-order valence-electron chi connectivity index (χ4n) is 6.40.